The van der Waals surface area contributed by atoms with Crippen LogP contribution in [-0.4, -0.2) is 35.5 Å². The van der Waals surface area contributed by atoms with Crippen molar-refractivity contribution in [1.82, 2.24) is 0 Å². The van der Waals surface area contributed by atoms with Gasteiger partial charge in [-0.15, -0.1) is 0 Å². The van der Waals surface area contributed by atoms with Gasteiger partial charge in [-0.3, -0.25) is 0 Å². The first-order chi connectivity index (χ1) is 14.1. The van der Waals surface area contributed by atoms with Crippen molar-refractivity contribution in [3.8, 4) is 28.7 Å². The summed E-state index contributed by atoms with van der Waals surface area (Å²) in [6.45, 7) is 0. The molecule has 0 aliphatic heterocycles. The third-order valence-electron chi connectivity index (χ3n) is 4.95. The molecule has 0 saturated heterocycles. The second-order valence-corrected chi connectivity index (χ2v) is 6.42. The van der Waals surface area contributed by atoms with Crippen molar-refractivity contribution in [2.45, 2.75) is 5.92 Å². The molecule has 3 aromatic rings. The van der Waals surface area contributed by atoms with Crippen LogP contribution in [0.15, 0.2) is 60.7 Å². The van der Waals surface area contributed by atoms with Gasteiger partial charge in [-0.05, 0) is 29.8 Å². The van der Waals surface area contributed by atoms with Gasteiger partial charge in [0.1, 0.15) is 28.7 Å². The van der Waals surface area contributed by atoms with Gasteiger partial charge in [0.15, 0.2) is 0 Å². The van der Waals surface area contributed by atoms with E-state index in [4.69, 9.17) is 23.7 Å². The van der Waals surface area contributed by atoms with Gasteiger partial charge in [-0.25, -0.2) is 0 Å². The first-order valence-corrected chi connectivity index (χ1v) is 9.23. The van der Waals surface area contributed by atoms with Gasteiger partial charge in [-0.2, -0.15) is 0 Å². The molecule has 0 bridgehead atoms. The minimum atomic E-state index is -0.123. The maximum absolute atomic E-state index is 5.70. The molecule has 0 unspecified atom stereocenters. The van der Waals surface area contributed by atoms with Crippen LogP contribution in [0.25, 0.3) is 0 Å². The SMILES string of the molecule is COc1ccc(C(c2ccc(OC)cc2OC)c2ccc(OC)cc2OC)cc1. The molecule has 0 heterocycles. The molecule has 152 valence electrons. The van der Waals surface area contributed by atoms with E-state index in [9.17, 15) is 0 Å². The number of benzene rings is 3. The fourth-order valence-electron chi connectivity index (χ4n) is 3.44. The van der Waals surface area contributed by atoms with Gasteiger partial charge in [0.25, 0.3) is 0 Å². The minimum absolute atomic E-state index is 0.123. The molecular formula is C24H26O5. The molecule has 29 heavy (non-hydrogen) atoms. The van der Waals surface area contributed by atoms with Gasteiger partial charge in [0.05, 0.1) is 35.5 Å². The molecule has 3 rings (SSSR count). The highest BCUT2D eigenvalue weighted by Crippen LogP contribution is 2.43. The lowest BCUT2D eigenvalue weighted by Gasteiger charge is -2.24. The van der Waals surface area contributed by atoms with E-state index >= 15 is 0 Å². The fraction of sp³-hybridized carbons (Fsp3) is 0.250. The van der Waals surface area contributed by atoms with Crippen molar-refractivity contribution in [3.63, 3.8) is 0 Å². The Morgan fingerprint density at radius 1 is 0.483 bits per heavy atom. The van der Waals surface area contributed by atoms with Crippen LogP contribution in [0.1, 0.15) is 22.6 Å². The monoisotopic (exact) mass is 394 g/mol. The summed E-state index contributed by atoms with van der Waals surface area (Å²) in [5.74, 6) is 3.63. The third-order valence-corrected chi connectivity index (χ3v) is 4.95. The second kappa shape index (κ2) is 9.24. The highest BCUT2D eigenvalue weighted by molar-refractivity contribution is 5.56. The Labute approximate surface area is 171 Å². The van der Waals surface area contributed by atoms with E-state index in [-0.39, 0.29) is 5.92 Å². The summed E-state index contributed by atoms with van der Waals surface area (Å²) >= 11 is 0. The van der Waals surface area contributed by atoms with Gasteiger partial charge < -0.3 is 23.7 Å². The summed E-state index contributed by atoms with van der Waals surface area (Å²) in [5.41, 5.74) is 3.08. The molecular weight excluding hydrogens is 368 g/mol. The molecule has 5 nitrogen and oxygen atoms in total. The Bertz CT molecular complexity index is 894. The highest BCUT2D eigenvalue weighted by atomic mass is 16.5. The molecule has 0 atom stereocenters. The molecule has 0 aliphatic carbocycles. The van der Waals surface area contributed by atoms with E-state index in [0.717, 1.165) is 45.4 Å². The van der Waals surface area contributed by atoms with Crippen LogP contribution < -0.4 is 23.7 Å². The summed E-state index contributed by atoms with van der Waals surface area (Å²) in [6.07, 6.45) is 0. The lowest BCUT2D eigenvalue weighted by atomic mass is 9.84. The summed E-state index contributed by atoms with van der Waals surface area (Å²) in [4.78, 5) is 0. The van der Waals surface area contributed by atoms with E-state index < -0.39 is 0 Å². The average molecular weight is 394 g/mol. The van der Waals surface area contributed by atoms with Crippen LogP contribution in [0, 0.1) is 0 Å². The number of hydrogen-bond donors (Lipinski definition) is 0. The number of methoxy groups -OCH3 is 5. The largest absolute Gasteiger partial charge is 0.497 e. The lowest BCUT2D eigenvalue weighted by molar-refractivity contribution is 0.386. The predicted molar refractivity (Wildman–Crippen MR) is 113 cm³/mol. The molecule has 0 radical (unpaired) electrons. The molecule has 0 saturated carbocycles. The Morgan fingerprint density at radius 3 is 1.28 bits per heavy atom. The molecule has 0 aliphatic rings. The van der Waals surface area contributed by atoms with E-state index in [1.165, 1.54) is 0 Å². The van der Waals surface area contributed by atoms with Crippen molar-refractivity contribution in [1.29, 1.82) is 0 Å². The highest BCUT2D eigenvalue weighted by Gasteiger charge is 2.24. The van der Waals surface area contributed by atoms with E-state index in [1.807, 2.05) is 48.5 Å². The van der Waals surface area contributed by atoms with Crippen molar-refractivity contribution in [3.05, 3.63) is 77.4 Å². The van der Waals surface area contributed by atoms with Crippen LogP contribution in [0.3, 0.4) is 0 Å². The maximum atomic E-state index is 5.70. The van der Waals surface area contributed by atoms with E-state index in [1.54, 1.807) is 35.5 Å². The molecule has 0 aromatic heterocycles. The first-order valence-electron chi connectivity index (χ1n) is 9.23. The van der Waals surface area contributed by atoms with E-state index in [0.29, 0.717) is 0 Å². The lowest BCUT2D eigenvalue weighted by Crippen LogP contribution is -2.08. The predicted octanol–water partition coefficient (Wildman–Crippen LogP) is 4.91. The smallest absolute Gasteiger partial charge is 0.126 e. The Morgan fingerprint density at radius 2 is 0.897 bits per heavy atom. The van der Waals surface area contributed by atoms with E-state index in [2.05, 4.69) is 12.1 Å². The minimum Gasteiger partial charge on any atom is -0.497 e. The number of hydrogen-bond acceptors (Lipinski definition) is 5. The molecule has 0 fully saturated rings. The van der Waals surface area contributed by atoms with Crippen LogP contribution in [0.4, 0.5) is 0 Å². The molecule has 0 amide bonds. The van der Waals surface area contributed by atoms with Crippen LogP contribution >= 0.6 is 0 Å². The van der Waals surface area contributed by atoms with Gasteiger partial charge in [0, 0.05) is 29.2 Å². The zero-order valence-electron chi connectivity index (χ0n) is 17.4. The molecule has 0 N–H and O–H groups in total. The van der Waals surface area contributed by atoms with Gasteiger partial charge >= 0.3 is 0 Å². The van der Waals surface area contributed by atoms with Crippen LogP contribution in [0.5, 0.6) is 28.7 Å². The normalized spacial score (nSPS) is 10.6. The zero-order chi connectivity index (χ0) is 20.8. The summed E-state index contributed by atoms with van der Waals surface area (Å²) < 4.78 is 27.5. The van der Waals surface area contributed by atoms with Crippen LogP contribution in [0.2, 0.25) is 0 Å². The van der Waals surface area contributed by atoms with Crippen molar-refractivity contribution in [2.24, 2.45) is 0 Å². The zero-order valence-corrected chi connectivity index (χ0v) is 17.4. The quantitative estimate of drug-likeness (QED) is 0.508. The Hall–Kier alpha value is -3.34. The Kier molecular flexibility index (Phi) is 6.50. The van der Waals surface area contributed by atoms with Crippen molar-refractivity contribution in [2.75, 3.05) is 35.5 Å². The number of rotatable bonds is 8. The molecule has 3 aromatic carbocycles. The summed E-state index contributed by atoms with van der Waals surface area (Å²) in [6, 6.07) is 19.7. The number of ether oxygens (including phenoxy) is 5. The van der Waals surface area contributed by atoms with Crippen molar-refractivity contribution < 1.29 is 23.7 Å². The van der Waals surface area contributed by atoms with Crippen LogP contribution in [-0.2, 0) is 0 Å². The van der Waals surface area contributed by atoms with Crippen molar-refractivity contribution >= 4 is 0 Å². The Balaban J connectivity index is 2.23. The summed E-state index contributed by atoms with van der Waals surface area (Å²) in [7, 11) is 8.26. The third kappa shape index (κ3) is 4.24. The average Bonchev–Trinajstić information content (AvgIpc) is 2.79. The fourth-order valence-corrected chi connectivity index (χ4v) is 3.44. The summed E-state index contributed by atoms with van der Waals surface area (Å²) in [5, 5.41) is 0. The first kappa shape index (κ1) is 20.4. The molecule has 0 spiro atoms. The standard InChI is InChI=1S/C24H26O5/c1-25-17-8-6-16(7-9-17)24(20-12-10-18(26-2)14-22(20)28-4)21-13-11-19(27-3)15-23(21)29-5/h6-15,24H,1-5H3. The molecule has 5 heteroatoms. The van der Waals surface area contributed by atoms with Gasteiger partial charge in [0.2, 0.25) is 0 Å². The van der Waals surface area contributed by atoms with Gasteiger partial charge in [-0.1, -0.05) is 24.3 Å². The second-order valence-electron chi connectivity index (χ2n) is 6.42. The topological polar surface area (TPSA) is 46.2 Å². The maximum Gasteiger partial charge on any atom is 0.126 e.